The predicted octanol–water partition coefficient (Wildman–Crippen LogP) is 3.92. The molecule has 1 aromatic rings. The van der Waals surface area contributed by atoms with E-state index in [9.17, 15) is 19.6 Å². The number of alkyl carbamates (subject to hydrolysis) is 1. The first kappa shape index (κ1) is 28.0. The van der Waals surface area contributed by atoms with Crippen molar-refractivity contribution in [1.29, 1.82) is 5.26 Å². The molecule has 3 amide bonds. The van der Waals surface area contributed by atoms with E-state index in [2.05, 4.69) is 17.6 Å². The Morgan fingerprint density at radius 1 is 1.15 bits per heavy atom. The maximum absolute atomic E-state index is 13.3. The Labute approximate surface area is 197 Å². The Morgan fingerprint density at radius 2 is 1.82 bits per heavy atom. The zero-order valence-corrected chi connectivity index (χ0v) is 20.9. The van der Waals surface area contributed by atoms with Crippen LogP contribution in [0.5, 0.6) is 0 Å². The molecule has 2 unspecified atom stereocenters. The van der Waals surface area contributed by atoms with Gasteiger partial charge >= 0.3 is 6.09 Å². The lowest BCUT2D eigenvalue weighted by Gasteiger charge is -2.32. The minimum atomic E-state index is -0.999. The van der Waals surface area contributed by atoms with Crippen molar-refractivity contribution in [2.75, 3.05) is 13.1 Å². The zero-order valence-electron chi connectivity index (χ0n) is 20.9. The lowest BCUT2D eigenvalue weighted by Crippen LogP contribution is -2.52. The van der Waals surface area contributed by atoms with E-state index < -0.39 is 29.7 Å². The van der Waals surface area contributed by atoms with Crippen molar-refractivity contribution in [3.05, 3.63) is 34.9 Å². The second kappa shape index (κ2) is 12.8. The Morgan fingerprint density at radius 3 is 2.36 bits per heavy atom. The van der Waals surface area contributed by atoms with Gasteiger partial charge in [0.1, 0.15) is 24.2 Å². The Kier molecular flexibility index (Phi) is 10.9. The van der Waals surface area contributed by atoms with Gasteiger partial charge in [-0.15, -0.1) is 0 Å². The van der Waals surface area contributed by atoms with Crippen LogP contribution in [-0.4, -0.2) is 47.5 Å². The molecular weight excluding hydrogens is 420 g/mol. The fourth-order valence-corrected chi connectivity index (χ4v) is 3.26. The monoisotopic (exact) mass is 458 g/mol. The molecule has 0 radical (unpaired) electrons. The summed E-state index contributed by atoms with van der Waals surface area (Å²) in [5, 5.41) is 14.8. The smallest absolute Gasteiger partial charge is 0.408 e. The topological polar surface area (TPSA) is 112 Å². The molecule has 0 saturated heterocycles. The molecule has 0 aliphatic heterocycles. The normalized spacial score (nSPS) is 12.8. The summed E-state index contributed by atoms with van der Waals surface area (Å²) >= 11 is 0. The lowest BCUT2D eigenvalue weighted by molar-refractivity contribution is -0.141. The summed E-state index contributed by atoms with van der Waals surface area (Å²) in [6.45, 7) is 12.8. The van der Waals surface area contributed by atoms with Crippen LogP contribution in [0.3, 0.4) is 0 Å². The highest BCUT2D eigenvalue weighted by atomic mass is 16.6. The van der Waals surface area contributed by atoms with Crippen LogP contribution in [0.25, 0.3) is 0 Å². The molecule has 1 rings (SSSR count). The molecule has 0 spiro atoms. The molecule has 2 atom stereocenters. The highest BCUT2D eigenvalue weighted by Gasteiger charge is 2.34. The molecule has 0 aromatic heterocycles. The average Bonchev–Trinajstić information content (AvgIpc) is 2.71. The van der Waals surface area contributed by atoms with Crippen LogP contribution in [0.4, 0.5) is 4.79 Å². The zero-order chi connectivity index (χ0) is 25.2. The molecule has 182 valence electrons. The molecular formula is C25H38N4O4. The number of nitrogens with one attached hydrogen (secondary N) is 2. The van der Waals surface area contributed by atoms with Gasteiger partial charge in [-0.25, -0.2) is 4.79 Å². The van der Waals surface area contributed by atoms with Gasteiger partial charge in [0.15, 0.2) is 0 Å². The number of carbonyl (C=O) groups excluding carboxylic acids is 3. The van der Waals surface area contributed by atoms with Crippen LogP contribution in [0.1, 0.15) is 76.6 Å². The van der Waals surface area contributed by atoms with Crippen molar-refractivity contribution < 1.29 is 19.1 Å². The SMILES string of the molecule is CCCCCNC(=O)C(c1ccc(C)c(C)c1)N(CC#N)C(=O)C(C)NC(=O)OC(C)(C)C. The lowest BCUT2D eigenvalue weighted by atomic mass is 9.98. The predicted molar refractivity (Wildman–Crippen MR) is 127 cm³/mol. The second-order valence-electron chi connectivity index (χ2n) is 9.24. The number of hydrogen-bond donors (Lipinski definition) is 2. The molecule has 0 heterocycles. The number of carbonyl (C=O) groups is 3. The summed E-state index contributed by atoms with van der Waals surface area (Å²) in [5.74, 6) is -0.906. The standard InChI is InChI=1S/C25H38N4O4/c1-8-9-10-14-27-22(30)21(20-12-11-17(2)18(3)16-20)29(15-13-26)23(31)19(4)28-24(32)33-25(5,6)7/h11-12,16,19,21H,8-10,14-15H2,1-7H3,(H,27,30)(H,28,32). The van der Waals surface area contributed by atoms with E-state index in [1.54, 1.807) is 26.8 Å². The first-order valence-electron chi connectivity index (χ1n) is 11.4. The van der Waals surface area contributed by atoms with Crippen molar-refractivity contribution in [1.82, 2.24) is 15.5 Å². The number of nitrogens with zero attached hydrogens (tertiary/aromatic N) is 2. The summed E-state index contributed by atoms with van der Waals surface area (Å²) in [5.41, 5.74) is 1.91. The number of amides is 3. The maximum Gasteiger partial charge on any atom is 0.408 e. The van der Waals surface area contributed by atoms with E-state index in [1.807, 2.05) is 32.0 Å². The van der Waals surface area contributed by atoms with Crippen molar-refractivity contribution in [2.24, 2.45) is 0 Å². The van der Waals surface area contributed by atoms with Gasteiger partial charge in [-0.1, -0.05) is 38.0 Å². The van der Waals surface area contributed by atoms with Gasteiger partial charge in [-0.05, 0) is 64.7 Å². The van der Waals surface area contributed by atoms with Crippen LogP contribution < -0.4 is 10.6 Å². The number of rotatable bonds is 10. The van der Waals surface area contributed by atoms with E-state index in [-0.39, 0.29) is 12.5 Å². The summed E-state index contributed by atoms with van der Waals surface area (Å²) in [7, 11) is 0. The van der Waals surface area contributed by atoms with Crippen LogP contribution in [0, 0.1) is 25.2 Å². The first-order chi connectivity index (χ1) is 15.4. The summed E-state index contributed by atoms with van der Waals surface area (Å²) in [6.07, 6.45) is 2.08. The number of benzene rings is 1. The number of aryl methyl sites for hydroxylation is 2. The van der Waals surface area contributed by atoms with Gasteiger partial charge in [0, 0.05) is 6.54 Å². The first-order valence-corrected chi connectivity index (χ1v) is 11.4. The summed E-state index contributed by atoms with van der Waals surface area (Å²) < 4.78 is 5.23. The van der Waals surface area contributed by atoms with E-state index in [0.29, 0.717) is 12.1 Å². The van der Waals surface area contributed by atoms with Crippen LogP contribution in [0.2, 0.25) is 0 Å². The van der Waals surface area contributed by atoms with E-state index in [1.165, 1.54) is 11.8 Å². The fourth-order valence-electron chi connectivity index (χ4n) is 3.26. The molecule has 0 saturated carbocycles. The van der Waals surface area contributed by atoms with Gasteiger partial charge < -0.3 is 20.3 Å². The van der Waals surface area contributed by atoms with E-state index >= 15 is 0 Å². The minimum Gasteiger partial charge on any atom is -0.444 e. The highest BCUT2D eigenvalue weighted by molar-refractivity contribution is 5.92. The number of ether oxygens (including phenoxy) is 1. The van der Waals surface area contributed by atoms with Gasteiger partial charge in [0.05, 0.1) is 6.07 Å². The van der Waals surface area contributed by atoms with Crippen molar-refractivity contribution >= 4 is 17.9 Å². The van der Waals surface area contributed by atoms with Gasteiger partial charge in [0.25, 0.3) is 0 Å². The molecule has 0 bridgehead atoms. The molecule has 2 N–H and O–H groups in total. The Balaban J connectivity index is 3.23. The third kappa shape index (κ3) is 9.13. The maximum atomic E-state index is 13.3. The Hall–Kier alpha value is -3.08. The molecule has 8 nitrogen and oxygen atoms in total. The van der Waals surface area contributed by atoms with E-state index in [0.717, 1.165) is 30.4 Å². The van der Waals surface area contributed by atoms with Gasteiger partial charge in [-0.3, -0.25) is 9.59 Å². The molecule has 8 heteroatoms. The van der Waals surface area contributed by atoms with Crippen molar-refractivity contribution in [3.8, 4) is 6.07 Å². The number of hydrogen-bond acceptors (Lipinski definition) is 5. The molecule has 0 aliphatic rings. The van der Waals surface area contributed by atoms with Crippen LogP contribution in [0.15, 0.2) is 18.2 Å². The highest BCUT2D eigenvalue weighted by Crippen LogP contribution is 2.24. The minimum absolute atomic E-state index is 0.306. The molecule has 0 aliphatic carbocycles. The number of unbranched alkanes of at least 4 members (excludes halogenated alkanes) is 2. The largest absolute Gasteiger partial charge is 0.444 e. The molecule has 33 heavy (non-hydrogen) atoms. The Bertz CT molecular complexity index is 870. The third-order valence-corrected chi connectivity index (χ3v) is 5.11. The number of nitriles is 1. The van der Waals surface area contributed by atoms with Crippen molar-refractivity contribution in [3.63, 3.8) is 0 Å². The van der Waals surface area contributed by atoms with Crippen molar-refractivity contribution in [2.45, 2.75) is 85.4 Å². The van der Waals surface area contributed by atoms with Crippen LogP contribution in [-0.2, 0) is 14.3 Å². The quantitative estimate of drug-likeness (QED) is 0.408. The summed E-state index contributed by atoms with van der Waals surface area (Å²) in [4.78, 5) is 39.9. The molecule has 1 aromatic carbocycles. The fraction of sp³-hybridized carbons (Fsp3) is 0.600. The van der Waals surface area contributed by atoms with E-state index in [4.69, 9.17) is 4.74 Å². The second-order valence-corrected chi connectivity index (χ2v) is 9.24. The molecule has 0 fully saturated rings. The summed E-state index contributed by atoms with van der Waals surface area (Å²) in [6, 6.07) is 5.53. The third-order valence-electron chi connectivity index (χ3n) is 5.11. The van der Waals surface area contributed by atoms with Gasteiger partial charge in [-0.2, -0.15) is 5.26 Å². The average molecular weight is 459 g/mol. The van der Waals surface area contributed by atoms with Crippen LogP contribution >= 0.6 is 0 Å². The van der Waals surface area contributed by atoms with Gasteiger partial charge in [0.2, 0.25) is 11.8 Å².